The summed E-state index contributed by atoms with van der Waals surface area (Å²) < 4.78 is 5.37. The summed E-state index contributed by atoms with van der Waals surface area (Å²) in [5, 5.41) is 0.960. The molecule has 5 rings (SSSR count). The van der Waals surface area contributed by atoms with Gasteiger partial charge < -0.3 is 14.3 Å². The predicted octanol–water partition coefficient (Wildman–Crippen LogP) is 4.64. The molecule has 1 atom stereocenters. The first-order valence-electron chi connectivity index (χ1n) is 9.41. The van der Waals surface area contributed by atoms with Gasteiger partial charge in [0.15, 0.2) is 0 Å². The lowest BCUT2D eigenvalue weighted by Crippen LogP contribution is -2.39. The van der Waals surface area contributed by atoms with E-state index in [9.17, 15) is 4.79 Å². The number of hydrogen-bond acceptors (Lipinski definition) is 3. The Balaban J connectivity index is 1.40. The number of amides is 1. The SMILES string of the molecule is Cc1cccc2[nH]c(C3CCCN(C(=O)c4ccc5occc5c4)C3)nc12. The van der Waals surface area contributed by atoms with Crippen LogP contribution in [0.4, 0.5) is 0 Å². The maximum absolute atomic E-state index is 13.0. The van der Waals surface area contributed by atoms with Gasteiger partial charge in [0.25, 0.3) is 5.91 Å². The number of aromatic nitrogens is 2. The van der Waals surface area contributed by atoms with Crippen LogP contribution in [0.1, 0.15) is 40.5 Å². The molecule has 3 heterocycles. The van der Waals surface area contributed by atoms with Gasteiger partial charge in [-0.2, -0.15) is 0 Å². The molecule has 2 aromatic heterocycles. The van der Waals surface area contributed by atoms with E-state index in [0.717, 1.165) is 47.2 Å². The van der Waals surface area contributed by atoms with Crippen molar-refractivity contribution in [3.05, 3.63) is 65.7 Å². The van der Waals surface area contributed by atoms with Crippen molar-refractivity contribution in [2.45, 2.75) is 25.7 Å². The largest absolute Gasteiger partial charge is 0.464 e. The lowest BCUT2D eigenvalue weighted by molar-refractivity contribution is 0.0705. The minimum atomic E-state index is 0.0788. The molecule has 1 N–H and O–H groups in total. The molecule has 1 aliphatic rings. The number of nitrogens with one attached hydrogen (secondary N) is 1. The van der Waals surface area contributed by atoms with Crippen LogP contribution in [0.2, 0.25) is 0 Å². The number of nitrogens with zero attached hydrogens (tertiary/aromatic N) is 2. The number of piperidine rings is 1. The Morgan fingerprint density at radius 3 is 3.07 bits per heavy atom. The number of carbonyl (C=O) groups is 1. The van der Waals surface area contributed by atoms with Crippen molar-refractivity contribution in [2.24, 2.45) is 0 Å². The maximum atomic E-state index is 13.0. The van der Waals surface area contributed by atoms with Crippen molar-refractivity contribution in [1.29, 1.82) is 0 Å². The van der Waals surface area contributed by atoms with E-state index in [-0.39, 0.29) is 11.8 Å². The molecule has 5 nitrogen and oxygen atoms in total. The van der Waals surface area contributed by atoms with Gasteiger partial charge in [-0.05, 0) is 55.7 Å². The molecule has 1 fully saturated rings. The predicted molar refractivity (Wildman–Crippen MR) is 105 cm³/mol. The number of likely N-dealkylation sites (tertiary alicyclic amines) is 1. The summed E-state index contributed by atoms with van der Waals surface area (Å²) in [7, 11) is 0. The van der Waals surface area contributed by atoms with E-state index >= 15 is 0 Å². The fourth-order valence-electron chi connectivity index (χ4n) is 4.06. The van der Waals surface area contributed by atoms with E-state index in [1.807, 2.05) is 35.2 Å². The fourth-order valence-corrected chi connectivity index (χ4v) is 4.06. The van der Waals surface area contributed by atoms with Gasteiger partial charge >= 0.3 is 0 Å². The number of para-hydroxylation sites is 1. The Kier molecular flexibility index (Phi) is 3.74. The normalized spacial score (nSPS) is 17.7. The minimum Gasteiger partial charge on any atom is -0.464 e. The van der Waals surface area contributed by atoms with E-state index in [0.29, 0.717) is 12.1 Å². The molecule has 1 unspecified atom stereocenters. The van der Waals surface area contributed by atoms with Crippen molar-refractivity contribution in [1.82, 2.24) is 14.9 Å². The van der Waals surface area contributed by atoms with Crippen LogP contribution in [-0.2, 0) is 0 Å². The Labute approximate surface area is 157 Å². The van der Waals surface area contributed by atoms with Crippen molar-refractivity contribution in [3.8, 4) is 0 Å². The van der Waals surface area contributed by atoms with Crippen LogP contribution in [0, 0.1) is 6.92 Å². The quantitative estimate of drug-likeness (QED) is 0.567. The van der Waals surface area contributed by atoms with Crippen molar-refractivity contribution in [2.75, 3.05) is 13.1 Å². The van der Waals surface area contributed by atoms with E-state index in [2.05, 4.69) is 24.0 Å². The van der Waals surface area contributed by atoms with Crippen LogP contribution in [0.15, 0.2) is 53.1 Å². The van der Waals surface area contributed by atoms with E-state index in [4.69, 9.17) is 9.40 Å². The first-order chi connectivity index (χ1) is 13.2. The molecule has 0 aliphatic carbocycles. The molecular formula is C22H21N3O2. The number of furan rings is 1. The smallest absolute Gasteiger partial charge is 0.253 e. The second-order valence-corrected chi connectivity index (χ2v) is 7.36. The highest BCUT2D eigenvalue weighted by molar-refractivity contribution is 5.97. The number of aromatic amines is 1. The van der Waals surface area contributed by atoms with Gasteiger partial charge in [0.05, 0.1) is 17.3 Å². The summed E-state index contributed by atoms with van der Waals surface area (Å²) in [6.07, 6.45) is 3.68. The van der Waals surface area contributed by atoms with Gasteiger partial charge in [-0.1, -0.05) is 12.1 Å². The van der Waals surface area contributed by atoms with Gasteiger partial charge in [0.2, 0.25) is 0 Å². The first kappa shape index (κ1) is 16.1. The van der Waals surface area contributed by atoms with Crippen LogP contribution in [0.5, 0.6) is 0 Å². The summed E-state index contributed by atoms with van der Waals surface area (Å²) >= 11 is 0. The van der Waals surface area contributed by atoms with Gasteiger partial charge in [-0.25, -0.2) is 4.98 Å². The average molecular weight is 359 g/mol. The van der Waals surface area contributed by atoms with Crippen LogP contribution in [0.3, 0.4) is 0 Å². The highest BCUT2D eigenvalue weighted by Gasteiger charge is 2.27. The zero-order chi connectivity index (χ0) is 18.4. The first-order valence-corrected chi connectivity index (χ1v) is 9.41. The number of rotatable bonds is 2. The lowest BCUT2D eigenvalue weighted by atomic mass is 9.96. The van der Waals surface area contributed by atoms with Gasteiger partial charge in [0.1, 0.15) is 11.4 Å². The van der Waals surface area contributed by atoms with Crippen LogP contribution in [0.25, 0.3) is 22.0 Å². The molecule has 4 aromatic rings. The van der Waals surface area contributed by atoms with Gasteiger partial charge in [-0.3, -0.25) is 4.79 Å². The summed E-state index contributed by atoms with van der Waals surface area (Å²) in [5.41, 5.74) is 4.79. The highest BCUT2D eigenvalue weighted by Crippen LogP contribution is 2.29. The standard InChI is InChI=1S/C22H21N3O2/c1-14-4-2-6-18-20(14)24-21(23-18)17-5-3-10-25(13-17)22(26)16-7-8-19-15(12-16)9-11-27-19/h2,4,6-9,11-12,17H,3,5,10,13H2,1H3,(H,23,24). The monoisotopic (exact) mass is 359 g/mol. The zero-order valence-corrected chi connectivity index (χ0v) is 15.2. The second kappa shape index (κ2) is 6.27. The van der Waals surface area contributed by atoms with Gasteiger partial charge in [-0.15, -0.1) is 0 Å². The molecule has 0 radical (unpaired) electrons. The lowest BCUT2D eigenvalue weighted by Gasteiger charge is -2.32. The van der Waals surface area contributed by atoms with Gasteiger partial charge in [0, 0.05) is 30.0 Å². The minimum absolute atomic E-state index is 0.0788. The maximum Gasteiger partial charge on any atom is 0.253 e. The van der Waals surface area contributed by atoms with Crippen molar-refractivity contribution in [3.63, 3.8) is 0 Å². The molecule has 0 spiro atoms. The molecule has 1 aliphatic heterocycles. The summed E-state index contributed by atoms with van der Waals surface area (Å²) in [5.74, 6) is 1.31. The van der Waals surface area contributed by atoms with Crippen LogP contribution in [-0.4, -0.2) is 33.9 Å². The van der Waals surface area contributed by atoms with E-state index in [1.165, 1.54) is 5.56 Å². The topological polar surface area (TPSA) is 62.1 Å². The number of H-pyrrole nitrogens is 1. The number of carbonyl (C=O) groups excluding carboxylic acids is 1. The molecule has 1 saturated heterocycles. The van der Waals surface area contributed by atoms with E-state index in [1.54, 1.807) is 6.26 Å². The number of benzene rings is 2. The van der Waals surface area contributed by atoms with Crippen LogP contribution >= 0.6 is 0 Å². The van der Waals surface area contributed by atoms with E-state index < -0.39 is 0 Å². The summed E-state index contributed by atoms with van der Waals surface area (Å²) in [6.45, 7) is 3.56. The average Bonchev–Trinajstić information content (AvgIpc) is 3.34. The number of aryl methyl sites for hydroxylation is 1. The molecule has 0 saturated carbocycles. The third kappa shape index (κ3) is 2.79. The highest BCUT2D eigenvalue weighted by atomic mass is 16.3. The molecule has 2 aromatic carbocycles. The third-order valence-corrected chi connectivity index (χ3v) is 5.53. The molecule has 27 heavy (non-hydrogen) atoms. The number of hydrogen-bond donors (Lipinski definition) is 1. The second-order valence-electron chi connectivity index (χ2n) is 7.36. The molecule has 1 amide bonds. The Morgan fingerprint density at radius 2 is 2.19 bits per heavy atom. The van der Waals surface area contributed by atoms with Crippen molar-refractivity contribution < 1.29 is 9.21 Å². The van der Waals surface area contributed by atoms with Crippen LogP contribution < -0.4 is 0 Å². The third-order valence-electron chi connectivity index (χ3n) is 5.53. The summed E-state index contributed by atoms with van der Waals surface area (Å²) in [4.78, 5) is 23.3. The number of imidazole rings is 1. The zero-order valence-electron chi connectivity index (χ0n) is 15.2. The van der Waals surface area contributed by atoms with Crippen molar-refractivity contribution >= 4 is 27.9 Å². The molecular weight excluding hydrogens is 338 g/mol. The fraction of sp³-hybridized carbons (Fsp3) is 0.273. The molecule has 5 heteroatoms. The Bertz CT molecular complexity index is 1140. The molecule has 136 valence electrons. The summed E-state index contributed by atoms with van der Waals surface area (Å²) in [6, 6.07) is 13.7. The Hall–Kier alpha value is -3.08. The Morgan fingerprint density at radius 1 is 1.26 bits per heavy atom. The molecule has 0 bridgehead atoms. The number of fused-ring (bicyclic) bond motifs is 2.